The SMILES string of the molecule is CCCCCCCOC(CCCCC=COCOC)OCCCCCCC. The van der Waals surface area contributed by atoms with Gasteiger partial charge in [0.2, 0.25) is 0 Å². The van der Waals surface area contributed by atoms with Crippen molar-refractivity contribution in [1.29, 1.82) is 0 Å². The summed E-state index contributed by atoms with van der Waals surface area (Å²) in [6, 6.07) is 0. The average Bonchev–Trinajstić information content (AvgIpc) is 2.68. The van der Waals surface area contributed by atoms with Gasteiger partial charge in [-0.1, -0.05) is 65.2 Å². The van der Waals surface area contributed by atoms with Crippen LogP contribution in [0.5, 0.6) is 0 Å². The molecule has 0 fully saturated rings. The van der Waals surface area contributed by atoms with Crippen LogP contribution in [0.2, 0.25) is 0 Å². The van der Waals surface area contributed by atoms with Gasteiger partial charge in [0.25, 0.3) is 0 Å². The summed E-state index contributed by atoms with van der Waals surface area (Å²) in [5, 5.41) is 0. The molecule has 27 heavy (non-hydrogen) atoms. The Kier molecular flexibility index (Phi) is 23.0. The molecule has 0 atom stereocenters. The molecule has 0 aromatic heterocycles. The summed E-state index contributed by atoms with van der Waals surface area (Å²) >= 11 is 0. The zero-order valence-electron chi connectivity index (χ0n) is 18.4. The molecule has 0 aromatic rings. The molecule has 4 heteroatoms. The minimum absolute atomic E-state index is 0.0314. The van der Waals surface area contributed by atoms with E-state index in [-0.39, 0.29) is 6.29 Å². The highest BCUT2D eigenvalue weighted by molar-refractivity contribution is 4.72. The van der Waals surface area contributed by atoms with Crippen molar-refractivity contribution in [2.24, 2.45) is 0 Å². The maximum absolute atomic E-state index is 6.03. The largest absolute Gasteiger partial charge is 0.476 e. The second-order valence-electron chi connectivity index (χ2n) is 7.23. The van der Waals surface area contributed by atoms with Gasteiger partial charge < -0.3 is 18.9 Å². The summed E-state index contributed by atoms with van der Waals surface area (Å²) in [5.41, 5.74) is 0. The van der Waals surface area contributed by atoms with Crippen LogP contribution in [0.4, 0.5) is 0 Å². The molecule has 0 rings (SSSR count). The van der Waals surface area contributed by atoms with E-state index in [9.17, 15) is 0 Å². The van der Waals surface area contributed by atoms with Gasteiger partial charge in [-0.05, 0) is 44.6 Å². The Bertz CT molecular complexity index is 278. The lowest BCUT2D eigenvalue weighted by Gasteiger charge is -2.19. The number of hydrogen-bond donors (Lipinski definition) is 0. The van der Waals surface area contributed by atoms with Crippen LogP contribution in [0.15, 0.2) is 12.3 Å². The van der Waals surface area contributed by atoms with Crippen molar-refractivity contribution in [3.05, 3.63) is 12.3 Å². The fourth-order valence-electron chi connectivity index (χ4n) is 2.87. The second-order valence-corrected chi connectivity index (χ2v) is 7.23. The van der Waals surface area contributed by atoms with Crippen LogP contribution >= 0.6 is 0 Å². The van der Waals surface area contributed by atoms with Crippen molar-refractivity contribution < 1.29 is 18.9 Å². The summed E-state index contributed by atoms with van der Waals surface area (Å²) in [7, 11) is 1.63. The molecule has 0 amide bonds. The Hall–Kier alpha value is -0.580. The fourth-order valence-corrected chi connectivity index (χ4v) is 2.87. The van der Waals surface area contributed by atoms with E-state index in [1.807, 2.05) is 0 Å². The van der Waals surface area contributed by atoms with Crippen LogP contribution < -0.4 is 0 Å². The molecule has 0 heterocycles. The number of allylic oxidation sites excluding steroid dienone is 1. The number of unbranched alkanes of at least 4 members (excludes halogenated alkanes) is 10. The van der Waals surface area contributed by atoms with Gasteiger partial charge in [0.15, 0.2) is 13.1 Å². The predicted octanol–water partition coefficient (Wildman–Crippen LogP) is 6.98. The average molecular weight is 387 g/mol. The van der Waals surface area contributed by atoms with E-state index in [1.165, 1.54) is 51.4 Å². The third-order valence-electron chi connectivity index (χ3n) is 4.54. The Labute approximate surface area is 169 Å². The van der Waals surface area contributed by atoms with Gasteiger partial charge in [-0.15, -0.1) is 0 Å². The fraction of sp³-hybridized carbons (Fsp3) is 0.913. The highest BCUT2D eigenvalue weighted by atomic mass is 16.7. The van der Waals surface area contributed by atoms with Crippen molar-refractivity contribution in [3.63, 3.8) is 0 Å². The van der Waals surface area contributed by atoms with Crippen molar-refractivity contribution in [2.45, 2.75) is 110 Å². The molecule has 0 radical (unpaired) electrons. The smallest absolute Gasteiger partial charge is 0.187 e. The predicted molar refractivity (Wildman–Crippen MR) is 114 cm³/mol. The molecule has 0 unspecified atom stereocenters. The first kappa shape index (κ1) is 26.4. The number of ether oxygens (including phenoxy) is 4. The Morgan fingerprint density at radius 2 is 1.30 bits per heavy atom. The van der Waals surface area contributed by atoms with Crippen LogP contribution in [0.25, 0.3) is 0 Å². The number of hydrogen-bond acceptors (Lipinski definition) is 4. The lowest BCUT2D eigenvalue weighted by Crippen LogP contribution is -2.19. The first-order valence-electron chi connectivity index (χ1n) is 11.3. The van der Waals surface area contributed by atoms with E-state index in [0.717, 1.165) is 51.7 Å². The van der Waals surface area contributed by atoms with E-state index in [1.54, 1.807) is 13.4 Å². The third-order valence-corrected chi connectivity index (χ3v) is 4.54. The van der Waals surface area contributed by atoms with Gasteiger partial charge in [-0.3, -0.25) is 0 Å². The zero-order chi connectivity index (χ0) is 19.8. The Morgan fingerprint density at radius 1 is 0.704 bits per heavy atom. The summed E-state index contributed by atoms with van der Waals surface area (Å²) in [6.07, 6.45) is 20.7. The molecule has 0 aliphatic rings. The van der Waals surface area contributed by atoms with Crippen LogP contribution in [0, 0.1) is 0 Å². The topological polar surface area (TPSA) is 36.9 Å². The Balaban J connectivity index is 3.84. The minimum Gasteiger partial charge on any atom is -0.476 e. The van der Waals surface area contributed by atoms with Crippen molar-refractivity contribution in [2.75, 3.05) is 27.1 Å². The molecule has 0 aromatic carbocycles. The van der Waals surface area contributed by atoms with Crippen LogP contribution in [0.3, 0.4) is 0 Å². The van der Waals surface area contributed by atoms with E-state index < -0.39 is 0 Å². The minimum atomic E-state index is -0.0314. The molecule has 0 aliphatic carbocycles. The molecular weight excluding hydrogens is 340 g/mol. The second kappa shape index (κ2) is 23.5. The molecule has 4 nitrogen and oxygen atoms in total. The van der Waals surface area contributed by atoms with Gasteiger partial charge >= 0.3 is 0 Å². The third kappa shape index (κ3) is 21.6. The first-order chi connectivity index (χ1) is 13.3. The van der Waals surface area contributed by atoms with Gasteiger partial charge in [0.1, 0.15) is 0 Å². The maximum Gasteiger partial charge on any atom is 0.187 e. The highest BCUT2D eigenvalue weighted by Crippen LogP contribution is 2.12. The van der Waals surface area contributed by atoms with Crippen LogP contribution in [-0.4, -0.2) is 33.4 Å². The summed E-state index contributed by atoms with van der Waals surface area (Å²) in [5.74, 6) is 0. The molecule has 0 aliphatic heterocycles. The summed E-state index contributed by atoms with van der Waals surface area (Å²) in [6.45, 7) is 6.47. The molecule has 0 saturated heterocycles. The van der Waals surface area contributed by atoms with Gasteiger partial charge in [-0.25, -0.2) is 0 Å². The lowest BCUT2D eigenvalue weighted by atomic mass is 10.1. The molecule has 162 valence electrons. The lowest BCUT2D eigenvalue weighted by molar-refractivity contribution is -0.148. The van der Waals surface area contributed by atoms with Crippen molar-refractivity contribution >= 4 is 0 Å². The van der Waals surface area contributed by atoms with Gasteiger partial charge in [-0.2, -0.15) is 0 Å². The molecule has 0 bridgehead atoms. The highest BCUT2D eigenvalue weighted by Gasteiger charge is 2.09. The van der Waals surface area contributed by atoms with E-state index in [2.05, 4.69) is 19.9 Å². The first-order valence-corrected chi connectivity index (χ1v) is 11.3. The van der Waals surface area contributed by atoms with Crippen molar-refractivity contribution in [1.82, 2.24) is 0 Å². The monoisotopic (exact) mass is 386 g/mol. The normalized spacial score (nSPS) is 11.7. The molecule has 0 N–H and O–H groups in total. The summed E-state index contributed by atoms with van der Waals surface area (Å²) in [4.78, 5) is 0. The molecule has 0 spiro atoms. The maximum atomic E-state index is 6.03. The summed E-state index contributed by atoms with van der Waals surface area (Å²) < 4.78 is 22.0. The van der Waals surface area contributed by atoms with Crippen molar-refractivity contribution in [3.8, 4) is 0 Å². The molecule has 0 saturated carbocycles. The van der Waals surface area contributed by atoms with Crippen LogP contribution in [0.1, 0.15) is 104 Å². The standard InChI is InChI=1S/C23H46O4/c1-4-6-8-11-16-20-26-23(27-21-17-12-9-7-5-2)18-14-10-13-15-19-25-22-24-3/h15,19,23H,4-14,16-18,20-22H2,1-3H3. The van der Waals surface area contributed by atoms with E-state index >= 15 is 0 Å². The Morgan fingerprint density at radius 3 is 1.85 bits per heavy atom. The number of methoxy groups -OCH3 is 1. The van der Waals surface area contributed by atoms with Gasteiger partial charge in [0.05, 0.1) is 6.26 Å². The molecular formula is C23H46O4. The van der Waals surface area contributed by atoms with E-state index in [0.29, 0.717) is 6.79 Å². The van der Waals surface area contributed by atoms with E-state index in [4.69, 9.17) is 18.9 Å². The quantitative estimate of drug-likeness (QED) is 0.114. The van der Waals surface area contributed by atoms with Gasteiger partial charge in [0, 0.05) is 20.3 Å². The van der Waals surface area contributed by atoms with Crippen LogP contribution in [-0.2, 0) is 18.9 Å². The number of rotatable bonds is 22. The zero-order valence-corrected chi connectivity index (χ0v) is 18.4.